The van der Waals surface area contributed by atoms with E-state index in [0.717, 1.165) is 18.5 Å². The molecule has 1 atom stereocenters. The number of hydrogen-bond donors (Lipinski definition) is 0. The van der Waals surface area contributed by atoms with Crippen molar-refractivity contribution in [1.82, 2.24) is 4.90 Å². The molecule has 5 heteroatoms. The Labute approximate surface area is 172 Å². The number of benzene rings is 1. The minimum Gasteiger partial charge on any atom is -0.475 e. The van der Waals surface area contributed by atoms with Gasteiger partial charge in [-0.2, -0.15) is 0 Å². The number of fused-ring (bicyclic) bond motifs is 3. The van der Waals surface area contributed by atoms with Gasteiger partial charge in [-0.05, 0) is 37.0 Å². The normalized spacial score (nSPS) is 24.0. The standard InChI is InChI=1S/C24H28N2O3/c1-2-4-18(3-1)5-6-19-7-8-22-20(13-19)9-10-26-17-25-24(14-23(22)26)29-16-21-15-27-11-12-28-21/h7-8,13-14,18,21H,1-4,9-12,15-17H2. The fraction of sp³-hybridized carbons (Fsp3) is 0.542. The molecule has 1 saturated heterocycles. The first-order valence-corrected chi connectivity index (χ1v) is 10.8. The van der Waals surface area contributed by atoms with Crippen LogP contribution in [0.1, 0.15) is 42.4 Å². The van der Waals surface area contributed by atoms with Gasteiger partial charge in [-0.1, -0.05) is 30.7 Å². The molecule has 0 bridgehead atoms. The SMILES string of the molecule is C(#CC1CCCC1)c1ccc2c(c1)CCN1CN=C(OCC3COCCO3)C=C21. The van der Waals surface area contributed by atoms with Crippen molar-refractivity contribution in [1.29, 1.82) is 0 Å². The molecule has 3 heterocycles. The fourth-order valence-electron chi connectivity index (χ4n) is 4.46. The van der Waals surface area contributed by atoms with Crippen LogP contribution in [-0.4, -0.2) is 56.5 Å². The van der Waals surface area contributed by atoms with Crippen LogP contribution >= 0.6 is 0 Å². The van der Waals surface area contributed by atoms with Crippen LogP contribution in [0.2, 0.25) is 0 Å². The van der Waals surface area contributed by atoms with Gasteiger partial charge in [-0.3, -0.25) is 0 Å². The van der Waals surface area contributed by atoms with E-state index in [1.54, 1.807) is 0 Å². The molecular formula is C24H28N2O3. The third kappa shape index (κ3) is 4.34. The van der Waals surface area contributed by atoms with Gasteiger partial charge in [0, 0.05) is 29.7 Å². The average Bonchev–Trinajstić information content (AvgIpc) is 3.30. The molecule has 0 spiro atoms. The summed E-state index contributed by atoms with van der Waals surface area (Å²) in [5.74, 6) is 8.17. The molecule has 5 rings (SSSR count). The summed E-state index contributed by atoms with van der Waals surface area (Å²) in [6, 6.07) is 6.65. The van der Waals surface area contributed by atoms with Gasteiger partial charge in [-0.25, -0.2) is 4.99 Å². The maximum Gasteiger partial charge on any atom is 0.212 e. The minimum absolute atomic E-state index is 0.0116. The molecule has 1 aromatic carbocycles. The second-order valence-corrected chi connectivity index (χ2v) is 8.18. The maximum atomic E-state index is 5.93. The van der Waals surface area contributed by atoms with Crippen molar-refractivity contribution in [2.24, 2.45) is 10.9 Å². The first-order chi connectivity index (χ1) is 14.3. The molecule has 0 radical (unpaired) electrons. The van der Waals surface area contributed by atoms with Crippen LogP contribution in [0.4, 0.5) is 0 Å². The van der Waals surface area contributed by atoms with Gasteiger partial charge in [0.1, 0.15) is 19.4 Å². The highest BCUT2D eigenvalue weighted by molar-refractivity contribution is 5.96. The Kier molecular flexibility index (Phi) is 5.56. The topological polar surface area (TPSA) is 43.3 Å². The molecule has 1 aliphatic carbocycles. The van der Waals surface area contributed by atoms with Crippen LogP contribution in [0.25, 0.3) is 5.70 Å². The van der Waals surface area contributed by atoms with Crippen molar-refractivity contribution < 1.29 is 14.2 Å². The van der Waals surface area contributed by atoms with Gasteiger partial charge >= 0.3 is 0 Å². The van der Waals surface area contributed by atoms with Crippen molar-refractivity contribution in [3.8, 4) is 11.8 Å². The van der Waals surface area contributed by atoms with Crippen molar-refractivity contribution in [2.45, 2.75) is 38.2 Å². The molecule has 2 fully saturated rings. The predicted molar refractivity (Wildman–Crippen MR) is 112 cm³/mol. The zero-order valence-corrected chi connectivity index (χ0v) is 16.9. The molecule has 0 aromatic heterocycles. The lowest BCUT2D eigenvalue weighted by molar-refractivity contribution is -0.103. The van der Waals surface area contributed by atoms with Crippen LogP contribution < -0.4 is 0 Å². The van der Waals surface area contributed by atoms with Gasteiger partial charge in [0.2, 0.25) is 5.90 Å². The molecule has 0 amide bonds. The first-order valence-electron chi connectivity index (χ1n) is 10.8. The fourth-order valence-corrected chi connectivity index (χ4v) is 4.46. The molecular weight excluding hydrogens is 364 g/mol. The molecule has 0 N–H and O–H groups in total. The minimum atomic E-state index is -0.0116. The summed E-state index contributed by atoms with van der Waals surface area (Å²) in [6.45, 7) is 3.99. The number of nitrogens with zero attached hydrogens (tertiary/aromatic N) is 2. The van der Waals surface area contributed by atoms with Crippen LogP contribution in [0.5, 0.6) is 0 Å². The van der Waals surface area contributed by atoms with E-state index in [-0.39, 0.29) is 6.10 Å². The van der Waals surface area contributed by atoms with Gasteiger partial charge in [0.05, 0.1) is 25.5 Å². The summed E-state index contributed by atoms with van der Waals surface area (Å²) in [6.07, 6.45) is 8.28. The summed E-state index contributed by atoms with van der Waals surface area (Å²) in [5, 5.41) is 0. The molecule has 29 heavy (non-hydrogen) atoms. The first kappa shape index (κ1) is 18.7. The lowest BCUT2D eigenvalue weighted by Gasteiger charge is -2.34. The smallest absolute Gasteiger partial charge is 0.212 e. The van der Waals surface area contributed by atoms with Crippen molar-refractivity contribution in [2.75, 3.05) is 39.6 Å². The highest BCUT2D eigenvalue weighted by Gasteiger charge is 2.25. The highest BCUT2D eigenvalue weighted by atomic mass is 16.6. The van der Waals surface area contributed by atoms with Gasteiger partial charge in [0.15, 0.2) is 0 Å². The largest absolute Gasteiger partial charge is 0.475 e. The summed E-state index contributed by atoms with van der Waals surface area (Å²) in [7, 11) is 0. The van der Waals surface area contributed by atoms with Crippen LogP contribution in [-0.2, 0) is 20.6 Å². The Morgan fingerprint density at radius 2 is 2.14 bits per heavy atom. The monoisotopic (exact) mass is 392 g/mol. The molecule has 152 valence electrons. The van der Waals surface area contributed by atoms with Gasteiger partial charge < -0.3 is 19.1 Å². The Morgan fingerprint density at radius 3 is 3.00 bits per heavy atom. The number of aliphatic imine (C=N–C) groups is 1. The van der Waals surface area contributed by atoms with E-state index in [1.165, 1.54) is 42.5 Å². The molecule has 1 aromatic rings. The van der Waals surface area contributed by atoms with Crippen LogP contribution in [0.15, 0.2) is 29.3 Å². The Morgan fingerprint density at radius 1 is 1.21 bits per heavy atom. The Balaban J connectivity index is 1.30. The maximum absolute atomic E-state index is 5.93. The second-order valence-electron chi connectivity index (χ2n) is 8.18. The van der Waals surface area contributed by atoms with E-state index in [4.69, 9.17) is 14.2 Å². The van der Waals surface area contributed by atoms with Gasteiger partial charge in [0.25, 0.3) is 0 Å². The van der Waals surface area contributed by atoms with E-state index >= 15 is 0 Å². The molecule has 1 unspecified atom stereocenters. The molecule has 4 aliphatic rings. The van der Waals surface area contributed by atoms with Crippen molar-refractivity contribution in [3.05, 3.63) is 41.0 Å². The summed E-state index contributed by atoms with van der Waals surface area (Å²) >= 11 is 0. The number of ether oxygens (including phenoxy) is 3. The second kappa shape index (κ2) is 8.61. The number of rotatable bonds is 2. The average molecular weight is 392 g/mol. The van der Waals surface area contributed by atoms with Crippen LogP contribution in [0, 0.1) is 17.8 Å². The summed E-state index contributed by atoms with van der Waals surface area (Å²) < 4.78 is 17.0. The lowest BCUT2D eigenvalue weighted by atomic mass is 9.94. The van der Waals surface area contributed by atoms with E-state index in [2.05, 4.69) is 46.0 Å². The van der Waals surface area contributed by atoms with E-state index < -0.39 is 0 Å². The summed E-state index contributed by atoms with van der Waals surface area (Å²) in [5.41, 5.74) is 4.99. The van der Waals surface area contributed by atoms with E-state index in [0.29, 0.717) is 44.9 Å². The summed E-state index contributed by atoms with van der Waals surface area (Å²) in [4.78, 5) is 6.91. The van der Waals surface area contributed by atoms with Crippen LogP contribution in [0.3, 0.4) is 0 Å². The molecule has 1 saturated carbocycles. The Bertz CT molecular complexity index is 868. The lowest BCUT2D eigenvalue weighted by Crippen LogP contribution is -2.35. The van der Waals surface area contributed by atoms with E-state index in [1.807, 2.05) is 0 Å². The third-order valence-corrected chi connectivity index (χ3v) is 6.11. The zero-order chi connectivity index (χ0) is 19.5. The van der Waals surface area contributed by atoms with Crippen molar-refractivity contribution >= 4 is 11.6 Å². The van der Waals surface area contributed by atoms with Gasteiger partial charge in [-0.15, -0.1) is 0 Å². The predicted octanol–water partition coefficient (Wildman–Crippen LogP) is 3.23. The zero-order valence-electron chi connectivity index (χ0n) is 16.9. The van der Waals surface area contributed by atoms with Crippen molar-refractivity contribution in [3.63, 3.8) is 0 Å². The third-order valence-electron chi connectivity index (χ3n) is 6.11. The number of hydrogen-bond acceptors (Lipinski definition) is 5. The quantitative estimate of drug-likeness (QED) is 0.725. The Hall–Kier alpha value is -2.29. The highest BCUT2D eigenvalue weighted by Crippen LogP contribution is 2.31. The molecule has 3 aliphatic heterocycles. The molecule has 5 nitrogen and oxygen atoms in total. The van der Waals surface area contributed by atoms with E-state index in [9.17, 15) is 0 Å².